The zero-order valence-corrected chi connectivity index (χ0v) is 19.4. The molecule has 5 rings (SSSR count). The lowest BCUT2D eigenvalue weighted by molar-refractivity contribution is 0.102. The van der Waals surface area contributed by atoms with E-state index in [1.165, 1.54) is 52.8 Å². The molecule has 1 aromatic heterocycles. The van der Waals surface area contributed by atoms with Gasteiger partial charge in [-0.1, -0.05) is 18.2 Å². The van der Waals surface area contributed by atoms with Crippen molar-refractivity contribution in [2.75, 3.05) is 23.6 Å². The SMILES string of the molecule is O=C(Nc1ccc(S(=O)(=O)N2C[C@H]3C[C@H](C2)c2cccc(=O)n2C3)cc1)c1ccccc1N([O-])O. The van der Waals surface area contributed by atoms with Crippen molar-refractivity contribution in [3.8, 4) is 0 Å². The largest absolute Gasteiger partial charge is 0.733 e. The van der Waals surface area contributed by atoms with Gasteiger partial charge in [0, 0.05) is 43.0 Å². The van der Waals surface area contributed by atoms with E-state index in [0.29, 0.717) is 25.3 Å². The quantitative estimate of drug-likeness (QED) is 0.520. The van der Waals surface area contributed by atoms with Crippen LogP contribution in [0.3, 0.4) is 0 Å². The Morgan fingerprint density at radius 1 is 1.00 bits per heavy atom. The molecule has 0 spiro atoms. The number of hydrogen-bond donors (Lipinski definition) is 2. The summed E-state index contributed by atoms with van der Waals surface area (Å²) in [5, 5.41) is 22.7. The van der Waals surface area contributed by atoms with Crippen molar-refractivity contribution in [1.82, 2.24) is 8.87 Å². The van der Waals surface area contributed by atoms with E-state index in [9.17, 15) is 28.4 Å². The predicted octanol–water partition coefficient (Wildman–Crippen LogP) is 2.60. The third-order valence-electron chi connectivity index (χ3n) is 6.55. The van der Waals surface area contributed by atoms with Gasteiger partial charge in [-0.15, -0.1) is 0 Å². The van der Waals surface area contributed by atoms with E-state index < -0.39 is 15.9 Å². The van der Waals surface area contributed by atoms with Crippen LogP contribution in [0.5, 0.6) is 0 Å². The molecular formula is C24H23N4O6S-. The molecule has 1 saturated heterocycles. The maximum Gasteiger partial charge on any atom is 0.257 e. The summed E-state index contributed by atoms with van der Waals surface area (Å²) < 4.78 is 30.0. The molecule has 1 fully saturated rings. The maximum absolute atomic E-state index is 13.4. The van der Waals surface area contributed by atoms with Crippen LogP contribution in [-0.4, -0.2) is 41.5 Å². The molecule has 0 unspecified atom stereocenters. The number of amides is 1. The molecular weight excluding hydrogens is 472 g/mol. The number of hydrogen-bond acceptors (Lipinski definition) is 7. The van der Waals surface area contributed by atoms with Crippen LogP contribution in [-0.2, 0) is 16.6 Å². The summed E-state index contributed by atoms with van der Waals surface area (Å²) in [6.45, 7) is 1.13. The Morgan fingerprint density at radius 2 is 1.74 bits per heavy atom. The highest BCUT2D eigenvalue weighted by Crippen LogP contribution is 2.37. The van der Waals surface area contributed by atoms with Crippen molar-refractivity contribution >= 4 is 27.3 Å². The number of carbonyl (C=O) groups is 1. The first-order valence-corrected chi connectivity index (χ1v) is 12.5. The summed E-state index contributed by atoms with van der Waals surface area (Å²) in [4.78, 5) is 24.9. The van der Waals surface area contributed by atoms with E-state index in [1.807, 2.05) is 6.07 Å². The van der Waals surface area contributed by atoms with E-state index in [0.717, 1.165) is 12.1 Å². The number of aromatic nitrogens is 1. The highest BCUT2D eigenvalue weighted by molar-refractivity contribution is 7.89. The number of para-hydroxylation sites is 1. The highest BCUT2D eigenvalue weighted by Gasteiger charge is 2.39. The standard InChI is InChI=1S/C24H23N4O6S/c29-23-7-3-6-21-17-12-16(14-27(21)23)13-26(15-17)35(33,34)19-10-8-18(9-11-19)25-24(30)20-4-1-2-5-22(20)28(31)32/h1-11,16-17,31H,12-15H2,(H,25,30)/q-1/t16-,17-/m1/s1. The minimum absolute atomic E-state index is 0.0269. The zero-order valence-electron chi connectivity index (χ0n) is 18.6. The number of benzene rings is 2. The van der Waals surface area contributed by atoms with Crippen molar-refractivity contribution in [1.29, 1.82) is 0 Å². The van der Waals surface area contributed by atoms with Gasteiger partial charge in [-0.25, -0.2) is 8.42 Å². The fourth-order valence-corrected chi connectivity index (χ4v) is 6.50. The van der Waals surface area contributed by atoms with Gasteiger partial charge in [0.05, 0.1) is 16.1 Å². The molecule has 2 N–H and O–H groups in total. The lowest BCUT2D eigenvalue weighted by Gasteiger charge is -2.42. The van der Waals surface area contributed by atoms with Gasteiger partial charge in [-0.3, -0.25) is 14.8 Å². The van der Waals surface area contributed by atoms with Crippen LogP contribution in [0.4, 0.5) is 11.4 Å². The fraction of sp³-hybridized carbons (Fsp3) is 0.250. The summed E-state index contributed by atoms with van der Waals surface area (Å²) in [5.74, 6) is -0.609. The lowest BCUT2D eigenvalue weighted by atomic mass is 9.84. The Hall–Kier alpha value is -3.51. The van der Waals surface area contributed by atoms with Gasteiger partial charge in [0.1, 0.15) is 0 Å². The molecule has 1 amide bonds. The monoisotopic (exact) mass is 495 g/mol. The van der Waals surface area contributed by atoms with Crippen LogP contribution in [0.1, 0.15) is 28.4 Å². The van der Waals surface area contributed by atoms with Crippen molar-refractivity contribution in [3.63, 3.8) is 0 Å². The average molecular weight is 496 g/mol. The van der Waals surface area contributed by atoms with Gasteiger partial charge >= 0.3 is 0 Å². The Labute approximate surface area is 201 Å². The van der Waals surface area contributed by atoms with Gasteiger partial charge in [0.2, 0.25) is 10.0 Å². The second-order valence-corrected chi connectivity index (χ2v) is 10.7. The molecule has 2 bridgehead atoms. The predicted molar refractivity (Wildman–Crippen MR) is 129 cm³/mol. The third-order valence-corrected chi connectivity index (χ3v) is 8.40. The second kappa shape index (κ2) is 8.93. The molecule has 0 radical (unpaired) electrons. The van der Waals surface area contributed by atoms with Crippen molar-refractivity contribution in [3.05, 3.63) is 93.5 Å². The minimum atomic E-state index is -3.78. The van der Waals surface area contributed by atoms with Crippen LogP contribution < -0.4 is 16.1 Å². The van der Waals surface area contributed by atoms with Crippen LogP contribution in [0.2, 0.25) is 0 Å². The molecule has 2 aliphatic rings. The van der Waals surface area contributed by atoms with Gasteiger partial charge < -0.3 is 20.3 Å². The van der Waals surface area contributed by atoms with E-state index in [-0.39, 0.29) is 38.8 Å². The van der Waals surface area contributed by atoms with Crippen LogP contribution >= 0.6 is 0 Å². The van der Waals surface area contributed by atoms with Crippen LogP contribution in [0.25, 0.3) is 0 Å². The molecule has 35 heavy (non-hydrogen) atoms. The van der Waals surface area contributed by atoms with E-state index in [1.54, 1.807) is 16.7 Å². The molecule has 182 valence electrons. The Balaban J connectivity index is 1.33. The smallest absolute Gasteiger partial charge is 0.257 e. The lowest BCUT2D eigenvalue weighted by Crippen LogP contribution is -2.48. The van der Waals surface area contributed by atoms with Crippen molar-refractivity contribution < 1.29 is 18.4 Å². The molecule has 3 heterocycles. The van der Waals surface area contributed by atoms with E-state index in [2.05, 4.69) is 5.32 Å². The number of nitrogens with one attached hydrogen (secondary N) is 1. The normalized spacial score (nSPS) is 19.6. The van der Waals surface area contributed by atoms with E-state index >= 15 is 0 Å². The maximum atomic E-state index is 13.4. The number of pyridine rings is 1. The Bertz CT molecular complexity index is 1430. The van der Waals surface area contributed by atoms with Gasteiger partial charge in [-0.2, -0.15) is 4.31 Å². The summed E-state index contributed by atoms with van der Waals surface area (Å²) >= 11 is 0. The van der Waals surface area contributed by atoms with Gasteiger partial charge in [-0.05, 0) is 54.8 Å². The first-order valence-electron chi connectivity index (χ1n) is 11.1. The topological polar surface area (TPSA) is 135 Å². The average Bonchev–Trinajstić information content (AvgIpc) is 2.85. The number of anilines is 2. The zero-order chi connectivity index (χ0) is 24.7. The molecule has 3 aromatic rings. The van der Waals surface area contributed by atoms with Gasteiger partial charge in [0.25, 0.3) is 11.5 Å². The number of nitrogens with zero attached hydrogens (tertiary/aromatic N) is 3. The number of fused-ring (bicyclic) bond motifs is 4. The number of piperidine rings is 1. The second-order valence-electron chi connectivity index (χ2n) is 8.79. The van der Waals surface area contributed by atoms with Gasteiger partial charge in [0.15, 0.2) is 0 Å². The first-order chi connectivity index (χ1) is 16.7. The summed E-state index contributed by atoms with van der Waals surface area (Å²) in [6.07, 6.45) is 0.844. The molecule has 0 saturated carbocycles. The summed E-state index contributed by atoms with van der Waals surface area (Å²) in [5.41, 5.74) is 0.912. The third kappa shape index (κ3) is 4.34. The highest BCUT2D eigenvalue weighted by atomic mass is 32.2. The van der Waals surface area contributed by atoms with E-state index in [4.69, 9.17) is 0 Å². The summed E-state index contributed by atoms with van der Waals surface area (Å²) in [6, 6.07) is 16.7. The molecule has 10 nitrogen and oxygen atoms in total. The summed E-state index contributed by atoms with van der Waals surface area (Å²) in [7, 11) is -3.78. The molecule has 2 atom stereocenters. The minimum Gasteiger partial charge on any atom is -0.733 e. The molecule has 0 aliphatic carbocycles. The molecule has 2 aromatic carbocycles. The van der Waals surface area contributed by atoms with Crippen LogP contribution in [0.15, 0.2) is 76.4 Å². The fourth-order valence-electron chi connectivity index (χ4n) is 4.94. The number of rotatable bonds is 5. The van der Waals surface area contributed by atoms with Crippen molar-refractivity contribution in [2.24, 2.45) is 5.92 Å². The number of carbonyl (C=O) groups excluding carboxylic acids is 1. The van der Waals surface area contributed by atoms with Crippen molar-refractivity contribution in [2.45, 2.75) is 23.8 Å². The Morgan fingerprint density at radius 3 is 2.49 bits per heavy atom. The van der Waals surface area contributed by atoms with Crippen LogP contribution in [0, 0.1) is 11.1 Å². The first kappa shape index (κ1) is 23.2. The Kier molecular flexibility index (Phi) is 5.93. The number of sulfonamides is 1. The molecule has 11 heteroatoms. The molecule has 2 aliphatic heterocycles.